The zero-order chi connectivity index (χ0) is 17.2. The maximum Gasteiger partial charge on any atom is 0.140 e. The molecule has 0 saturated carbocycles. The number of fused-ring (bicyclic) bond motifs is 1. The van der Waals surface area contributed by atoms with Crippen molar-refractivity contribution in [1.82, 2.24) is 9.97 Å². The number of rotatable bonds is 3. The van der Waals surface area contributed by atoms with Crippen LogP contribution in [0.5, 0.6) is 11.5 Å². The van der Waals surface area contributed by atoms with Crippen LogP contribution in [0, 0.1) is 0 Å². The number of phenols is 2. The fourth-order valence-electron chi connectivity index (χ4n) is 2.65. The highest BCUT2D eigenvalue weighted by molar-refractivity contribution is 5.89. The molecule has 0 saturated heterocycles. The second-order valence-electron chi connectivity index (χ2n) is 5.62. The predicted molar refractivity (Wildman–Crippen MR) is 98.6 cm³/mol. The maximum absolute atomic E-state index is 9.87. The standard InChI is InChI=1S/C20H15N3O2/c24-14-9-10-19(25)13(11-14)12-21-16-6-2-1-5-15(16)20-22-17-7-3-4-8-18(17)23-20/h1-12,24-25H,(H,22,23). The first-order valence-corrected chi connectivity index (χ1v) is 7.81. The van der Waals surface area contributed by atoms with Crippen LogP contribution in [0.4, 0.5) is 5.69 Å². The van der Waals surface area contributed by atoms with Crippen LogP contribution in [-0.2, 0) is 0 Å². The lowest BCUT2D eigenvalue weighted by atomic mass is 10.1. The van der Waals surface area contributed by atoms with Gasteiger partial charge in [0.25, 0.3) is 0 Å². The zero-order valence-electron chi connectivity index (χ0n) is 13.2. The Morgan fingerprint density at radius 1 is 0.920 bits per heavy atom. The van der Waals surface area contributed by atoms with Crippen molar-refractivity contribution in [1.29, 1.82) is 0 Å². The molecule has 4 aromatic rings. The maximum atomic E-state index is 9.87. The lowest BCUT2D eigenvalue weighted by Crippen LogP contribution is -1.84. The number of hydrogen-bond acceptors (Lipinski definition) is 4. The molecule has 4 rings (SSSR count). The fraction of sp³-hybridized carbons (Fsp3) is 0. The van der Waals surface area contributed by atoms with Gasteiger partial charge in [-0.15, -0.1) is 0 Å². The average Bonchev–Trinajstić information content (AvgIpc) is 3.07. The minimum Gasteiger partial charge on any atom is -0.508 e. The van der Waals surface area contributed by atoms with Crippen LogP contribution in [-0.4, -0.2) is 26.4 Å². The molecule has 5 nitrogen and oxygen atoms in total. The van der Waals surface area contributed by atoms with E-state index >= 15 is 0 Å². The quantitative estimate of drug-likeness (QED) is 0.385. The van der Waals surface area contributed by atoms with E-state index in [1.54, 1.807) is 0 Å². The molecular weight excluding hydrogens is 314 g/mol. The minimum atomic E-state index is 0.0581. The van der Waals surface area contributed by atoms with Crippen molar-refractivity contribution in [2.75, 3.05) is 0 Å². The highest BCUT2D eigenvalue weighted by Crippen LogP contribution is 2.30. The first-order chi connectivity index (χ1) is 12.2. The Hall–Kier alpha value is -3.60. The molecule has 0 amide bonds. The number of nitrogens with one attached hydrogen (secondary N) is 1. The molecule has 122 valence electrons. The summed E-state index contributed by atoms with van der Waals surface area (Å²) in [6.45, 7) is 0. The van der Waals surface area contributed by atoms with Gasteiger partial charge in [-0.3, -0.25) is 4.99 Å². The summed E-state index contributed by atoms with van der Waals surface area (Å²) in [6, 6.07) is 19.8. The van der Waals surface area contributed by atoms with Gasteiger partial charge in [-0.25, -0.2) is 4.98 Å². The molecule has 5 heteroatoms. The summed E-state index contributed by atoms with van der Waals surface area (Å²) < 4.78 is 0. The lowest BCUT2D eigenvalue weighted by Gasteiger charge is -2.03. The predicted octanol–water partition coefficient (Wildman–Crippen LogP) is 4.39. The van der Waals surface area contributed by atoms with Crippen molar-refractivity contribution in [3.8, 4) is 22.9 Å². The Labute approximate surface area is 144 Å². The molecule has 0 atom stereocenters. The van der Waals surface area contributed by atoms with E-state index < -0.39 is 0 Å². The molecule has 3 aromatic carbocycles. The normalized spacial score (nSPS) is 11.4. The Morgan fingerprint density at radius 3 is 2.60 bits per heavy atom. The molecule has 0 radical (unpaired) electrons. The third kappa shape index (κ3) is 2.95. The molecule has 0 aliphatic heterocycles. The fourth-order valence-corrected chi connectivity index (χ4v) is 2.65. The van der Waals surface area contributed by atoms with E-state index in [0.717, 1.165) is 22.4 Å². The van der Waals surface area contributed by atoms with E-state index in [-0.39, 0.29) is 11.5 Å². The number of phenolic OH excluding ortho intramolecular Hbond substituents is 2. The monoisotopic (exact) mass is 329 g/mol. The first-order valence-electron chi connectivity index (χ1n) is 7.81. The molecule has 3 N–H and O–H groups in total. The van der Waals surface area contributed by atoms with Crippen molar-refractivity contribution in [3.05, 3.63) is 72.3 Å². The zero-order valence-corrected chi connectivity index (χ0v) is 13.2. The van der Waals surface area contributed by atoms with E-state index in [4.69, 9.17) is 0 Å². The molecule has 0 unspecified atom stereocenters. The summed E-state index contributed by atoms with van der Waals surface area (Å²) in [5.41, 5.74) is 3.86. The summed E-state index contributed by atoms with van der Waals surface area (Å²) in [7, 11) is 0. The van der Waals surface area contributed by atoms with Gasteiger partial charge >= 0.3 is 0 Å². The van der Waals surface area contributed by atoms with Crippen LogP contribution in [0.2, 0.25) is 0 Å². The summed E-state index contributed by atoms with van der Waals surface area (Å²) in [4.78, 5) is 12.4. The number of H-pyrrole nitrogens is 1. The Morgan fingerprint density at radius 2 is 1.72 bits per heavy atom. The van der Waals surface area contributed by atoms with E-state index in [9.17, 15) is 10.2 Å². The molecule has 1 heterocycles. The number of aromatic nitrogens is 2. The smallest absolute Gasteiger partial charge is 0.140 e. The van der Waals surface area contributed by atoms with E-state index in [0.29, 0.717) is 11.3 Å². The van der Waals surface area contributed by atoms with Gasteiger partial charge in [0.05, 0.1) is 16.7 Å². The number of benzene rings is 3. The molecule has 25 heavy (non-hydrogen) atoms. The number of imidazole rings is 1. The molecule has 0 fully saturated rings. The van der Waals surface area contributed by atoms with E-state index in [1.165, 1.54) is 24.4 Å². The van der Waals surface area contributed by atoms with Gasteiger partial charge in [0.2, 0.25) is 0 Å². The average molecular weight is 329 g/mol. The molecule has 0 bridgehead atoms. The Kier molecular flexibility index (Phi) is 3.67. The third-order valence-electron chi connectivity index (χ3n) is 3.90. The van der Waals surface area contributed by atoms with Gasteiger partial charge in [0, 0.05) is 17.3 Å². The van der Waals surface area contributed by atoms with Gasteiger partial charge in [0.15, 0.2) is 0 Å². The van der Waals surface area contributed by atoms with Crippen molar-refractivity contribution < 1.29 is 10.2 Å². The van der Waals surface area contributed by atoms with Gasteiger partial charge in [0.1, 0.15) is 17.3 Å². The lowest BCUT2D eigenvalue weighted by molar-refractivity contribution is 0.459. The second-order valence-corrected chi connectivity index (χ2v) is 5.62. The minimum absolute atomic E-state index is 0.0581. The number of nitrogens with zero attached hydrogens (tertiary/aromatic N) is 2. The highest BCUT2D eigenvalue weighted by Gasteiger charge is 2.09. The van der Waals surface area contributed by atoms with Crippen LogP contribution in [0.25, 0.3) is 22.4 Å². The van der Waals surface area contributed by atoms with Crippen LogP contribution in [0.3, 0.4) is 0 Å². The summed E-state index contributed by atoms with van der Waals surface area (Å²) >= 11 is 0. The number of aliphatic imine (C=N–C) groups is 1. The van der Waals surface area contributed by atoms with Crippen LogP contribution >= 0.6 is 0 Å². The van der Waals surface area contributed by atoms with Gasteiger partial charge in [-0.05, 0) is 42.5 Å². The van der Waals surface area contributed by atoms with Crippen molar-refractivity contribution in [3.63, 3.8) is 0 Å². The first kappa shape index (κ1) is 15.0. The topological polar surface area (TPSA) is 81.5 Å². The molecule has 1 aromatic heterocycles. The SMILES string of the molecule is Oc1ccc(O)c(C=Nc2ccccc2-c2nc3ccccc3[nH]2)c1. The second kappa shape index (κ2) is 6.13. The number of aromatic amines is 1. The van der Waals surface area contributed by atoms with E-state index in [1.807, 2.05) is 48.5 Å². The summed E-state index contributed by atoms with van der Waals surface area (Å²) in [6.07, 6.45) is 1.52. The molecule has 0 aliphatic rings. The van der Waals surface area contributed by atoms with E-state index in [2.05, 4.69) is 15.0 Å². The largest absolute Gasteiger partial charge is 0.508 e. The third-order valence-corrected chi connectivity index (χ3v) is 3.90. The summed E-state index contributed by atoms with van der Waals surface area (Å²) in [5, 5.41) is 19.4. The Balaban J connectivity index is 1.76. The Bertz CT molecular complexity index is 1050. The van der Waals surface area contributed by atoms with Crippen molar-refractivity contribution in [2.45, 2.75) is 0 Å². The molecule has 0 spiro atoms. The molecule has 0 aliphatic carbocycles. The van der Waals surface area contributed by atoms with Gasteiger partial charge < -0.3 is 15.2 Å². The van der Waals surface area contributed by atoms with Gasteiger partial charge in [-0.2, -0.15) is 0 Å². The van der Waals surface area contributed by atoms with Crippen LogP contribution in [0.1, 0.15) is 5.56 Å². The van der Waals surface area contributed by atoms with Crippen LogP contribution < -0.4 is 0 Å². The molecular formula is C20H15N3O2. The highest BCUT2D eigenvalue weighted by atomic mass is 16.3. The van der Waals surface area contributed by atoms with Crippen LogP contribution in [0.15, 0.2) is 71.7 Å². The van der Waals surface area contributed by atoms with Crippen molar-refractivity contribution in [2.24, 2.45) is 4.99 Å². The van der Waals surface area contributed by atoms with Crippen molar-refractivity contribution >= 4 is 22.9 Å². The van der Waals surface area contributed by atoms with Gasteiger partial charge in [-0.1, -0.05) is 24.3 Å². The number of hydrogen-bond donors (Lipinski definition) is 3. The number of para-hydroxylation sites is 3. The number of aromatic hydroxyl groups is 2. The summed E-state index contributed by atoms with van der Waals surface area (Å²) in [5.74, 6) is 0.863.